The molecule has 0 radical (unpaired) electrons. The van der Waals surface area contributed by atoms with Crippen LogP contribution in [0, 0.1) is 63.1 Å². The molecular formula is C43H68O8. The van der Waals surface area contributed by atoms with Crippen molar-refractivity contribution in [1.29, 1.82) is 0 Å². The topological polar surface area (TPSA) is 112 Å². The van der Waals surface area contributed by atoms with Gasteiger partial charge in [-0.15, -0.1) is 0 Å². The molecule has 8 rings (SSSR count). The van der Waals surface area contributed by atoms with Crippen molar-refractivity contribution in [3.63, 3.8) is 0 Å². The number of hydrogen-bond acceptors (Lipinski definition) is 8. The number of carbonyl (C=O) groups excluding carboxylic acids is 2. The maximum absolute atomic E-state index is 11.9. The number of esters is 2. The number of allylic oxidation sites excluding steroid dienone is 1. The molecule has 0 bridgehead atoms. The monoisotopic (exact) mass is 712 g/mol. The molecule has 0 amide bonds. The van der Waals surface area contributed by atoms with Gasteiger partial charge in [0.1, 0.15) is 12.2 Å². The van der Waals surface area contributed by atoms with Gasteiger partial charge in [-0.3, -0.25) is 9.59 Å². The molecule has 0 aromatic heterocycles. The van der Waals surface area contributed by atoms with Gasteiger partial charge >= 0.3 is 11.9 Å². The number of aliphatic hydroxyl groups is 2. The minimum Gasteiger partial charge on any atom is -0.459 e. The molecular weight excluding hydrogens is 644 g/mol. The number of fused-ring (bicyclic) bond motifs is 10. The summed E-state index contributed by atoms with van der Waals surface area (Å²) in [5.41, 5.74) is 1.66. The molecule has 0 aromatic carbocycles. The van der Waals surface area contributed by atoms with E-state index in [-0.39, 0.29) is 70.5 Å². The van der Waals surface area contributed by atoms with Gasteiger partial charge in [0.25, 0.3) is 0 Å². The zero-order valence-corrected chi connectivity index (χ0v) is 32.8. The highest BCUT2D eigenvalue weighted by Gasteiger charge is 2.65. The average Bonchev–Trinajstić information content (AvgIpc) is 3.58. The Morgan fingerprint density at radius 3 is 2.02 bits per heavy atom. The molecule has 51 heavy (non-hydrogen) atoms. The molecule has 5 saturated carbocycles. The number of ether oxygens (including phenoxy) is 4. The van der Waals surface area contributed by atoms with Crippen LogP contribution in [0.1, 0.15) is 132 Å². The molecule has 2 saturated heterocycles. The van der Waals surface area contributed by atoms with E-state index in [0.717, 1.165) is 44.4 Å². The summed E-state index contributed by atoms with van der Waals surface area (Å²) in [6.07, 6.45) is 14.1. The molecule has 8 nitrogen and oxygen atoms in total. The lowest BCUT2D eigenvalue weighted by Crippen LogP contribution is -2.60. The molecule has 6 aliphatic carbocycles. The quantitative estimate of drug-likeness (QED) is 0.230. The first-order valence-electron chi connectivity index (χ1n) is 20.7. The predicted octanol–water partition coefficient (Wildman–Crippen LogP) is 7.42. The Hall–Kier alpha value is -1.48. The molecule has 2 heterocycles. The minimum atomic E-state index is -0.445. The molecule has 0 aromatic rings. The molecule has 2 N–H and O–H groups in total. The van der Waals surface area contributed by atoms with Crippen molar-refractivity contribution in [3.05, 3.63) is 11.6 Å². The summed E-state index contributed by atoms with van der Waals surface area (Å²) in [5, 5.41) is 22.1. The third-order valence-electron chi connectivity index (χ3n) is 16.8. The van der Waals surface area contributed by atoms with Crippen molar-refractivity contribution in [2.24, 2.45) is 63.1 Å². The molecule has 17 atom stereocenters. The van der Waals surface area contributed by atoms with E-state index in [1.54, 1.807) is 0 Å². The Labute approximate surface area is 307 Å². The summed E-state index contributed by atoms with van der Waals surface area (Å²) < 4.78 is 23.8. The smallest absolute Gasteiger partial charge is 0.305 e. The van der Waals surface area contributed by atoms with Gasteiger partial charge in [-0.1, -0.05) is 66.5 Å². The van der Waals surface area contributed by atoms with Crippen LogP contribution < -0.4 is 0 Å². The molecule has 0 spiro atoms. The van der Waals surface area contributed by atoms with Gasteiger partial charge in [0.05, 0.1) is 37.6 Å². The van der Waals surface area contributed by atoms with Crippen LogP contribution in [0.2, 0.25) is 0 Å². The molecule has 288 valence electrons. The Kier molecular flexibility index (Phi) is 10.1. The maximum atomic E-state index is 11.9. The van der Waals surface area contributed by atoms with E-state index in [1.807, 2.05) is 6.92 Å². The second-order valence-corrected chi connectivity index (χ2v) is 19.7. The van der Waals surface area contributed by atoms with E-state index in [4.69, 9.17) is 18.9 Å². The van der Waals surface area contributed by atoms with Crippen LogP contribution in [0.5, 0.6) is 0 Å². The van der Waals surface area contributed by atoms with Crippen LogP contribution >= 0.6 is 0 Å². The minimum absolute atomic E-state index is 0.0167. The van der Waals surface area contributed by atoms with E-state index in [9.17, 15) is 19.8 Å². The summed E-state index contributed by atoms with van der Waals surface area (Å²) in [6, 6.07) is 0. The fourth-order valence-electron chi connectivity index (χ4n) is 13.5. The summed E-state index contributed by atoms with van der Waals surface area (Å²) in [5.74, 6) is 3.06. The van der Waals surface area contributed by atoms with E-state index in [1.165, 1.54) is 44.6 Å². The largest absolute Gasteiger partial charge is 0.459 e. The summed E-state index contributed by atoms with van der Waals surface area (Å²) in [4.78, 5) is 23.4. The molecule has 2 aliphatic heterocycles. The fraction of sp³-hybridized carbons (Fsp3) is 0.907. The van der Waals surface area contributed by atoms with Crippen molar-refractivity contribution < 1.29 is 38.7 Å². The molecule has 8 unspecified atom stereocenters. The lowest BCUT2D eigenvalue weighted by Gasteiger charge is -2.61. The van der Waals surface area contributed by atoms with Gasteiger partial charge in [0.2, 0.25) is 0 Å². The van der Waals surface area contributed by atoms with Crippen molar-refractivity contribution in [2.75, 3.05) is 13.2 Å². The normalized spacial score (nSPS) is 52.6. The second kappa shape index (κ2) is 13.7. The Bertz CT molecular complexity index is 1360. The molecule has 8 heteroatoms. The van der Waals surface area contributed by atoms with Gasteiger partial charge in [0.15, 0.2) is 0 Å². The first-order valence-corrected chi connectivity index (χ1v) is 20.7. The van der Waals surface area contributed by atoms with Gasteiger partial charge in [-0.25, -0.2) is 0 Å². The van der Waals surface area contributed by atoms with Gasteiger partial charge in [-0.2, -0.15) is 0 Å². The number of hydrogen-bond donors (Lipinski definition) is 2. The standard InChI is InChI=1S/C22H36O4.C21H32O4/c1-5-18(24)26-17-12-25-20-19-15(7-9-22(17,20)4)21(3)8-6-13(2)10-14(21)11-16(19)23;1-12-5-7-20(3)14(9-12)10-16(23)18-15(20)6-8-21(4)17(25-13(2)22)11-24-19(18)21/h13-17,19-20,23H,5-12H2,1-4H3;10,12,15-19,23H,5-9,11H2,1-4H3/t13-,14?,15?,16-,17-,19?,20?,21-,22+;12-,15?,16-,17?,18?,19?,20-,21+/m00/s1. The highest BCUT2D eigenvalue weighted by Crippen LogP contribution is 2.65. The molecule has 8 aliphatic rings. The average molecular weight is 713 g/mol. The van der Waals surface area contributed by atoms with Crippen molar-refractivity contribution in [3.8, 4) is 0 Å². The van der Waals surface area contributed by atoms with Gasteiger partial charge < -0.3 is 29.2 Å². The van der Waals surface area contributed by atoms with Crippen molar-refractivity contribution >= 4 is 11.9 Å². The van der Waals surface area contributed by atoms with Crippen molar-refractivity contribution in [1.82, 2.24) is 0 Å². The first-order chi connectivity index (χ1) is 24.0. The highest BCUT2D eigenvalue weighted by atomic mass is 16.6. The Morgan fingerprint density at radius 2 is 1.37 bits per heavy atom. The summed E-state index contributed by atoms with van der Waals surface area (Å²) >= 11 is 0. The summed E-state index contributed by atoms with van der Waals surface area (Å²) in [7, 11) is 0. The first kappa shape index (κ1) is 37.8. The lowest BCUT2D eigenvalue weighted by molar-refractivity contribution is -0.189. The summed E-state index contributed by atoms with van der Waals surface area (Å²) in [6.45, 7) is 18.2. The van der Waals surface area contributed by atoms with E-state index < -0.39 is 6.10 Å². The van der Waals surface area contributed by atoms with Crippen LogP contribution in [0.25, 0.3) is 0 Å². The predicted molar refractivity (Wildman–Crippen MR) is 194 cm³/mol. The Balaban J connectivity index is 0.000000159. The van der Waals surface area contributed by atoms with Crippen LogP contribution in [0.3, 0.4) is 0 Å². The van der Waals surface area contributed by atoms with Crippen LogP contribution in [0.4, 0.5) is 0 Å². The number of rotatable bonds is 3. The van der Waals surface area contributed by atoms with E-state index in [0.29, 0.717) is 48.7 Å². The zero-order chi connectivity index (χ0) is 36.7. The second-order valence-electron chi connectivity index (χ2n) is 19.7. The van der Waals surface area contributed by atoms with Crippen LogP contribution in [0.15, 0.2) is 11.6 Å². The number of carbonyl (C=O) groups is 2. The molecule has 7 fully saturated rings. The fourth-order valence-corrected chi connectivity index (χ4v) is 13.5. The lowest BCUT2D eigenvalue weighted by atomic mass is 9.45. The third-order valence-corrected chi connectivity index (χ3v) is 16.8. The van der Waals surface area contributed by atoms with Crippen LogP contribution in [-0.4, -0.2) is 72.0 Å². The van der Waals surface area contributed by atoms with Crippen LogP contribution in [-0.2, 0) is 28.5 Å². The maximum Gasteiger partial charge on any atom is 0.305 e. The highest BCUT2D eigenvalue weighted by molar-refractivity contribution is 5.69. The zero-order valence-electron chi connectivity index (χ0n) is 32.8. The SMILES string of the molecule is CC(=O)OC1COC2C3C(CC[C@]12C)[C@@]1(C)CC[C@H](C)CC1=C[C@@H]3O.CCC(=O)O[C@H]1COC2C3C(CC[C@@]21C)[C@@]1(C)CC[C@H](C)CC1C[C@@H]3O. The van der Waals surface area contributed by atoms with Gasteiger partial charge in [0, 0.05) is 36.0 Å². The third kappa shape index (κ3) is 6.16. The van der Waals surface area contributed by atoms with Gasteiger partial charge in [-0.05, 0) is 105 Å². The van der Waals surface area contributed by atoms with Crippen molar-refractivity contribution in [2.45, 2.75) is 169 Å². The Morgan fingerprint density at radius 1 is 0.784 bits per heavy atom. The van der Waals surface area contributed by atoms with E-state index in [2.05, 4.69) is 47.6 Å². The number of aliphatic hydroxyl groups excluding tert-OH is 2. The van der Waals surface area contributed by atoms with E-state index >= 15 is 0 Å².